The van der Waals surface area contributed by atoms with Crippen LogP contribution in [0.25, 0.3) is 0 Å². The van der Waals surface area contributed by atoms with E-state index >= 15 is 0 Å². The number of ether oxygens (including phenoxy) is 2. The SMILES string of the molecule is CC(=O)O[C@H]1CC[C@@]2(C)[C@@H]3CC[C@H]4[C@]5(O)C[C@H](O)[C@@]6(O)[C@@H](CN7C[C@@H](C)CC[C@H]7C6(C)O)[C@]5(O)C[C@@]42O[C@]13O. The van der Waals surface area contributed by atoms with Crippen molar-refractivity contribution in [1.29, 1.82) is 0 Å². The number of rotatable bonds is 1. The van der Waals surface area contributed by atoms with Gasteiger partial charge in [-0.05, 0) is 51.4 Å². The molecule has 3 heterocycles. The molecule has 1 spiro atoms. The third kappa shape index (κ3) is 2.75. The highest BCUT2D eigenvalue weighted by Crippen LogP contribution is 2.78. The second kappa shape index (κ2) is 7.56. The molecule has 7 aliphatic rings. The molecular weight excluding hydrogens is 506 g/mol. The van der Waals surface area contributed by atoms with Gasteiger partial charge in [0.15, 0.2) is 6.10 Å². The lowest BCUT2D eigenvalue weighted by Crippen LogP contribution is -2.85. The quantitative estimate of drug-likeness (QED) is 0.246. The Morgan fingerprint density at radius 2 is 1.62 bits per heavy atom. The van der Waals surface area contributed by atoms with Crippen molar-refractivity contribution in [3.8, 4) is 0 Å². The smallest absolute Gasteiger partial charge is 0.303 e. The molecule has 14 atom stereocenters. The van der Waals surface area contributed by atoms with Gasteiger partial charge in [-0.15, -0.1) is 0 Å². The van der Waals surface area contributed by atoms with Gasteiger partial charge in [0.05, 0.1) is 11.7 Å². The average molecular weight is 552 g/mol. The van der Waals surface area contributed by atoms with E-state index in [2.05, 4.69) is 11.8 Å². The zero-order chi connectivity index (χ0) is 28.2. The summed E-state index contributed by atoms with van der Waals surface area (Å²) < 4.78 is 12.2. The van der Waals surface area contributed by atoms with Crippen LogP contribution >= 0.6 is 0 Å². The summed E-state index contributed by atoms with van der Waals surface area (Å²) in [4.78, 5) is 14.0. The molecule has 0 radical (unpaired) electrons. The maximum Gasteiger partial charge on any atom is 0.303 e. The van der Waals surface area contributed by atoms with Gasteiger partial charge >= 0.3 is 5.97 Å². The lowest BCUT2D eigenvalue weighted by Gasteiger charge is -2.68. The predicted octanol–water partition coefficient (Wildman–Crippen LogP) is 0.0449. The number of aliphatic hydroxyl groups is 6. The zero-order valence-electron chi connectivity index (χ0n) is 23.5. The molecule has 4 saturated carbocycles. The van der Waals surface area contributed by atoms with E-state index in [9.17, 15) is 35.4 Å². The molecule has 10 nitrogen and oxygen atoms in total. The maximum absolute atomic E-state index is 12.8. The summed E-state index contributed by atoms with van der Waals surface area (Å²) >= 11 is 0. The number of carbonyl (C=O) groups excluding carboxylic acids is 1. The van der Waals surface area contributed by atoms with E-state index in [1.165, 1.54) is 6.92 Å². The molecular formula is C29H45NO9. The van der Waals surface area contributed by atoms with E-state index in [0.717, 1.165) is 6.42 Å². The van der Waals surface area contributed by atoms with Gasteiger partial charge in [-0.1, -0.05) is 13.8 Å². The van der Waals surface area contributed by atoms with Crippen molar-refractivity contribution < 1.29 is 44.9 Å². The summed E-state index contributed by atoms with van der Waals surface area (Å²) in [6.45, 7) is 7.96. The number of hydrogen-bond donors (Lipinski definition) is 6. The number of carbonyl (C=O) groups is 1. The lowest BCUT2D eigenvalue weighted by molar-refractivity contribution is -0.354. The number of fused-ring (bicyclic) bond motifs is 5. The van der Waals surface area contributed by atoms with Gasteiger partial charge < -0.3 is 40.1 Å². The van der Waals surface area contributed by atoms with Crippen LogP contribution in [-0.2, 0) is 14.3 Å². The first-order valence-corrected chi connectivity index (χ1v) is 14.9. The average Bonchev–Trinajstić information content (AvgIpc) is 3.01. The van der Waals surface area contributed by atoms with Crippen molar-refractivity contribution in [2.75, 3.05) is 13.1 Å². The molecule has 7 fully saturated rings. The summed E-state index contributed by atoms with van der Waals surface area (Å²) in [5, 5.41) is 73.3. The highest BCUT2D eigenvalue weighted by atomic mass is 16.7. The van der Waals surface area contributed by atoms with Crippen LogP contribution in [-0.4, -0.2) is 107 Å². The molecule has 1 unspecified atom stereocenters. The van der Waals surface area contributed by atoms with Gasteiger partial charge in [0.1, 0.15) is 22.4 Å². The van der Waals surface area contributed by atoms with E-state index in [1.807, 2.05) is 6.92 Å². The summed E-state index contributed by atoms with van der Waals surface area (Å²) in [6, 6.07) is -0.379. The first-order chi connectivity index (χ1) is 18.0. The largest absolute Gasteiger partial charge is 0.457 e. The third-order valence-corrected chi connectivity index (χ3v) is 13.4. The molecule has 10 heteroatoms. The van der Waals surface area contributed by atoms with Gasteiger partial charge in [0.2, 0.25) is 5.79 Å². The molecule has 7 rings (SSSR count). The topological polar surface area (TPSA) is 160 Å². The molecule has 3 saturated heterocycles. The monoisotopic (exact) mass is 551 g/mol. The Kier molecular flexibility index (Phi) is 5.23. The van der Waals surface area contributed by atoms with Gasteiger partial charge in [0.25, 0.3) is 0 Å². The lowest BCUT2D eigenvalue weighted by atomic mass is 9.49. The maximum atomic E-state index is 12.8. The van der Waals surface area contributed by atoms with E-state index < -0.39 is 69.2 Å². The Morgan fingerprint density at radius 3 is 2.31 bits per heavy atom. The number of hydrogen-bond acceptors (Lipinski definition) is 10. The van der Waals surface area contributed by atoms with Crippen molar-refractivity contribution in [2.45, 2.75) is 131 Å². The molecule has 4 bridgehead atoms. The Morgan fingerprint density at radius 1 is 0.923 bits per heavy atom. The molecule has 0 aromatic heterocycles. The summed E-state index contributed by atoms with van der Waals surface area (Å²) in [5.41, 5.74) is -9.28. The molecule has 6 N–H and O–H groups in total. The Balaban J connectivity index is 1.36. The minimum Gasteiger partial charge on any atom is -0.457 e. The van der Waals surface area contributed by atoms with Crippen LogP contribution < -0.4 is 0 Å². The van der Waals surface area contributed by atoms with Crippen LogP contribution in [0, 0.1) is 29.1 Å². The number of nitrogens with zero attached hydrogens (tertiary/aromatic N) is 1. The van der Waals surface area contributed by atoms with Crippen LogP contribution in [0.5, 0.6) is 0 Å². The number of aliphatic hydroxyl groups excluding tert-OH is 1. The van der Waals surface area contributed by atoms with Gasteiger partial charge in [-0.2, -0.15) is 0 Å². The summed E-state index contributed by atoms with van der Waals surface area (Å²) in [6.07, 6.45) is 0.797. The highest BCUT2D eigenvalue weighted by molar-refractivity contribution is 5.66. The Labute approximate surface area is 229 Å². The van der Waals surface area contributed by atoms with Crippen molar-refractivity contribution >= 4 is 5.97 Å². The molecule has 220 valence electrons. The molecule has 4 aliphatic carbocycles. The first kappa shape index (κ1) is 27.0. The predicted molar refractivity (Wildman–Crippen MR) is 136 cm³/mol. The Bertz CT molecular complexity index is 1100. The van der Waals surface area contributed by atoms with E-state index in [-0.39, 0.29) is 31.3 Å². The summed E-state index contributed by atoms with van der Waals surface area (Å²) in [5.74, 6) is -3.93. The van der Waals surface area contributed by atoms with Crippen molar-refractivity contribution in [3.05, 3.63) is 0 Å². The standard InChI is InChI=1S/C29H45NO9/c1-15-5-8-20-24(4,33)28(36)19(13-30(20)12-15)26(35)14-27-18(25(26,34)11-21(28)32)7-6-17-23(27,3)10-9-22(38-16(2)31)29(17,37)39-27/h15,17-22,32-37H,5-14H2,1-4H3/t15-,17-,18-,19-,20-,21-,22-,23-,24?,25+,26+,27+,28-,29-/m0/s1. The summed E-state index contributed by atoms with van der Waals surface area (Å²) in [7, 11) is 0. The highest BCUT2D eigenvalue weighted by Gasteiger charge is 2.88. The fourth-order valence-corrected chi connectivity index (χ4v) is 11.6. The minimum atomic E-state index is -2.05. The zero-order valence-corrected chi connectivity index (χ0v) is 23.5. The van der Waals surface area contributed by atoms with Crippen molar-refractivity contribution in [3.63, 3.8) is 0 Å². The number of esters is 1. The molecule has 0 aromatic carbocycles. The van der Waals surface area contributed by atoms with E-state index in [4.69, 9.17) is 9.47 Å². The van der Waals surface area contributed by atoms with Crippen LogP contribution in [0.4, 0.5) is 0 Å². The van der Waals surface area contributed by atoms with Gasteiger partial charge in [-0.25, -0.2) is 0 Å². The Hall–Kier alpha value is -0.850. The van der Waals surface area contributed by atoms with Crippen molar-refractivity contribution in [1.82, 2.24) is 4.90 Å². The van der Waals surface area contributed by atoms with Crippen LogP contribution in [0.3, 0.4) is 0 Å². The van der Waals surface area contributed by atoms with Crippen molar-refractivity contribution in [2.24, 2.45) is 29.1 Å². The molecule has 0 aromatic rings. The second-order valence-corrected chi connectivity index (χ2v) is 14.9. The molecule has 3 aliphatic heterocycles. The number of piperidine rings is 2. The first-order valence-electron chi connectivity index (χ1n) is 14.9. The van der Waals surface area contributed by atoms with Crippen LogP contribution in [0.15, 0.2) is 0 Å². The van der Waals surface area contributed by atoms with Gasteiger partial charge in [-0.3, -0.25) is 9.69 Å². The van der Waals surface area contributed by atoms with Crippen LogP contribution in [0.1, 0.15) is 79.1 Å². The van der Waals surface area contributed by atoms with Gasteiger partial charge in [0, 0.05) is 62.1 Å². The fourth-order valence-electron chi connectivity index (χ4n) is 11.6. The second-order valence-electron chi connectivity index (χ2n) is 14.9. The molecule has 39 heavy (non-hydrogen) atoms. The molecule has 0 amide bonds. The van der Waals surface area contributed by atoms with E-state index in [0.29, 0.717) is 44.6 Å². The van der Waals surface area contributed by atoms with E-state index in [1.54, 1.807) is 6.92 Å². The fraction of sp³-hybridized carbons (Fsp3) is 0.966. The third-order valence-electron chi connectivity index (χ3n) is 13.4. The van der Waals surface area contributed by atoms with Crippen LogP contribution in [0.2, 0.25) is 0 Å². The minimum absolute atomic E-state index is 0.0485. The normalized spacial score (nSPS) is 63.5.